The fourth-order valence-corrected chi connectivity index (χ4v) is 3.14. The van der Waals surface area contributed by atoms with Crippen LogP contribution in [-0.2, 0) is 4.79 Å². The zero-order valence-corrected chi connectivity index (χ0v) is 10.8. The van der Waals surface area contributed by atoms with Gasteiger partial charge < -0.3 is 10.2 Å². The number of aliphatic hydroxyl groups is 1. The molecule has 1 aromatic carbocycles. The van der Waals surface area contributed by atoms with E-state index in [2.05, 4.69) is 0 Å². The number of benzene rings is 1. The number of hydrogen-bond donors (Lipinski definition) is 2. The molecule has 98 valence electrons. The van der Waals surface area contributed by atoms with Crippen LogP contribution < -0.4 is 0 Å². The molecule has 0 heterocycles. The van der Waals surface area contributed by atoms with Crippen molar-refractivity contribution < 1.29 is 15.0 Å². The third-order valence-corrected chi connectivity index (χ3v) is 4.30. The van der Waals surface area contributed by atoms with Crippen molar-refractivity contribution in [3.8, 4) is 0 Å². The highest BCUT2D eigenvalue weighted by Crippen LogP contribution is 2.42. The predicted octanol–water partition coefficient (Wildman–Crippen LogP) is 2.77. The summed E-state index contributed by atoms with van der Waals surface area (Å²) in [6.45, 7) is 0. The highest BCUT2D eigenvalue weighted by atomic mass is 35.5. The molecule has 2 N–H and O–H groups in total. The topological polar surface area (TPSA) is 57.5 Å². The molecule has 0 saturated heterocycles. The predicted molar refractivity (Wildman–Crippen MR) is 69.9 cm³/mol. The van der Waals surface area contributed by atoms with Gasteiger partial charge in [0, 0.05) is 0 Å². The Labute approximate surface area is 111 Å². The molecule has 0 amide bonds. The number of alkyl halides is 1. The molecule has 18 heavy (non-hydrogen) atoms. The largest absolute Gasteiger partial charge is 0.481 e. The van der Waals surface area contributed by atoms with E-state index in [9.17, 15) is 15.0 Å². The molecule has 1 saturated carbocycles. The maximum atomic E-state index is 11.5. The molecule has 1 aromatic rings. The Hall–Kier alpha value is -1.06. The minimum atomic E-state index is -1.35. The Morgan fingerprint density at radius 2 is 2.00 bits per heavy atom. The average Bonchev–Trinajstić information content (AvgIpc) is 2.34. The van der Waals surface area contributed by atoms with Crippen LogP contribution >= 0.6 is 11.6 Å². The second kappa shape index (κ2) is 5.29. The highest BCUT2D eigenvalue weighted by molar-refractivity contribution is 6.21. The third-order valence-electron chi connectivity index (χ3n) is 3.71. The van der Waals surface area contributed by atoms with Crippen LogP contribution in [0.15, 0.2) is 30.3 Å². The molecule has 0 unspecified atom stereocenters. The van der Waals surface area contributed by atoms with Gasteiger partial charge in [0.15, 0.2) is 0 Å². The van der Waals surface area contributed by atoms with Gasteiger partial charge >= 0.3 is 5.97 Å². The summed E-state index contributed by atoms with van der Waals surface area (Å²) < 4.78 is 0. The average molecular weight is 269 g/mol. The lowest BCUT2D eigenvalue weighted by Crippen LogP contribution is -2.49. The van der Waals surface area contributed by atoms with Crippen LogP contribution in [0.3, 0.4) is 0 Å². The van der Waals surface area contributed by atoms with Crippen LogP contribution in [-0.4, -0.2) is 27.2 Å². The zero-order valence-electron chi connectivity index (χ0n) is 10.1. The smallest absolute Gasteiger partial charge is 0.313 e. The van der Waals surface area contributed by atoms with Crippen LogP contribution in [0.2, 0.25) is 0 Å². The number of hydrogen-bond acceptors (Lipinski definition) is 2. The Morgan fingerprint density at radius 1 is 1.33 bits per heavy atom. The molecule has 1 aliphatic carbocycles. The van der Waals surface area contributed by atoms with E-state index in [0.717, 1.165) is 12.8 Å². The molecule has 3 nitrogen and oxygen atoms in total. The number of carbonyl (C=O) groups is 1. The van der Waals surface area contributed by atoms with Crippen LogP contribution in [0.4, 0.5) is 0 Å². The van der Waals surface area contributed by atoms with Gasteiger partial charge in [0.25, 0.3) is 0 Å². The van der Waals surface area contributed by atoms with Gasteiger partial charge in [-0.1, -0.05) is 43.2 Å². The fraction of sp³-hybridized carbons (Fsp3) is 0.500. The van der Waals surface area contributed by atoms with Crippen molar-refractivity contribution in [1.29, 1.82) is 0 Å². The van der Waals surface area contributed by atoms with Gasteiger partial charge in [-0.25, -0.2) is 0 Å². The van der Waals surface area contributed by atoms with Crippen molar-refractivity contribution in [2.45, 2.75) is 42.6 Å². The maximum Gasteiger partial charge on any atom is 0.313 e. The van der Waals surface area contributed by atoms with E-state index >= 15 is 0 Å². The number of rotatable bonds is 3. The van der Waals surface area contributed by atoms with E-state index < -0.39 is 22.9 Å². The second-order valence-electron chi connectivity index (χ2n) is 4.89. The lowest BCUT2D eigenvalue weighted by molar-refractivity contribution is -0.147. The lowest BCUT2D eigenvalue weighted by atomic mass is 9.72. The van der Waals surface area contributed by atoms with Crippen molar-refractivity contribution >= 4 is 17.6 Å². The van der Waals surface area contributed by atoms with Crippen LogP contribution in [0.25, 0.3) is 0 Å². The Kier molecular flexibility index (Phi) is 3.93. The summed E-state index contributed by atoms with van der Waals surface area (Å²) >= 11 is 6.20. The van der Waals surface area contributed by atoms with Gasteiger partial charge in [0.2, 0.25) is 0 Å². The maximum absolute atomic E-state index is 11.5. The van der Waals surface area contributed by atoms with Gasteiger partial charge in [-0.2, -0.15) is 0 Å². The molecular formula is C14H17ClO3. The molecule has 1 aliphatic rings. The normalized spacial score (nSPS) is 29.8. The molecule has 3 atom stereocenters. The van der Waals surface area contributed by atoms with Gasteiger partial charge in [0.05, 0.1) is 11.0 Å². The van der Waals surface area contributed by atoms with Crippen molar-refractivity contribution in [3.63, 3.8) is 0 Å². The van der Waals surface area contributed by atoms with Gasteiger partial charge in [-0.3, -0.25) is 4.79 Å². The summed E-state index contributed by atoms with van der Waals surface area (Å²) in [6, 6.07) is 8.84. The Balaban J connectivity index is 2.39. The first kappa shape index (κ1) is 13.4. The summed E-state index contributed by atoms with van der Waals surface area (Å²) in [4.78, 5) is 11.5. The monoisotopic (exact) mass is 268 g/mol. The molecule has 1 fully saturated rings. The lowest BCUT2D eigenvalue weighted by Gasteiger charge is -2.40. The third kappa shape index (κ3) is 2.38. The first-order chi connectivity index (χ1) is 8.55. The number of carboxylic acid groups (broad SMARTS) is 1. The molecule has 0 bridgehead atoms. The Bertz CT molecular complexity index is 420. The van der Waals surface area contributed by atoms with E-state index in [1.54, 1.807) is 24.3 Å². The standard InChI is InChI=1S/C14H17ClO3/c15-11-8-4-5-9-14(11,18)12(13(16)17)10-6-2-1-3-7-10/h1-3,6-7,11-12,18H,4-5,8-9H2,(H,16,17)/t11-,12-,14+/m1/s1. The van der Waals surface area contributed by atoms with Crippen molar-refractivity contribution in [1.82, 2.24) is 0 Å². The van der Waals surface area contributed by atoms with Crippen LogP contribution in [0, 0.1) is 0 Å². The molecule has 0 aliphatic heterocycles. The molecule has 4 heteroatoms. The van der Waals surface area contributed by atoms with E-state index in [4.69, 9.17) is 11.6 Å². The summed E-state index contributed by atoms with van der Waals surface area (Å²) in [5, 5.41) is 19.6. The van der Waals surface area contributed by atoms with Gasteiger partial charge in [0.1, 0.15) is 5.92 Å². The fourth-order valence-electron chi connectivity index (χ4n) is 2.75. The minimum absolute atomic E-state index is 0.438. The molecule has 0 aromatic heterocycles. The van der Waals surface area contributed by atoms with Crippen molar-refractivity contribution in [2.24, 2.45) is 0 Å². The summed E-state index contributed by atoms with van der Waals surface area (Å²) in [5.74, 6) is -1.97. The molecule has 0 spiro atoms. The summed E-state index contributed by atoms with van der Waals surface area (Å²) in [6.07, 6.45) is 2.86. The SMILES string of the molecule is O=C(O)[C@@H](c1ccccc1)[C@]1(O)CCCC[C@H]1Cl. The highest BCUT2D eigenvalue weighted by Gasteiger charge is 2.48. The number of carboxylic acids is 1. The number of aliphatic carboxylic acids is 1. The molecular weight excluding hydrogens is 252 g/mol. The van der Waals surface area contributed by atoms with E-state index in [0.29, 0.717) is 18.4 Å². The summed E-state index contributed by atoms with van der Waals surface area (Å²) in [7, 11) is 0. The number of halogens is 1. The summed E-state index contributed by atoms with van der Waals surface area (Å²) in [5.41, 5.74) is -0.743. The first-order valence-corrected chi connectivity index (χ1v) is 6.63. The van der Waals surface area contributed by atoms with E-state index in [-0.39, 0.29) is 0 Å². The van der Waals surface area contributed by atoms with E-state index in [1.165, 1.54) is 0 Å². The van der Waals surface area contributed by atoms with Crippen molar-refractivity contribution in [2.75, 3.05) is 0 Å². The Morgan fingerprint density at radius 3 is 2.56 bits per heavy atom. The van der Waals surface area contributed by atoms with Gasteiger partial charge in [-0.15, -0.1) is 11.6 Å². The van der Waals surface area contributed by atoms with Crippen LogP contribution in [0.1, 0.15) is 37.2 Å². The first-order valence-electron chi connectivity index (χ1n) is 6.20. The van der Waals surface area contributed by atoms with Crippen LogP contribution in [0.5, 0.6) is 0 Å². The quantitative estimate of drug-likeness (QED) is 0.829. The van der Waals surface area contributed by atoms with Crippen molar-refractivity contribution in [3.05, 3.63) is 35.9 Å². The van der Waals surface area contributed by atoms with E-state index in [1.807, 2.05) is 6.07 Å². The minimum Gasteiger partial charge on any atom is -0.481 e. The molecule has 0 radical (unpaired) electrons. The van der Waals surface area contributed by atoms with Gasteiger partial charge in [-0.05, 0) is 18.4 Å². The molecule has 2 rings (SSSR count). The zero-order chi connectivity index (χ0) is 13.2. The second-order valence-corrected chi connectivity index (χ2v) is 5.41.